The summed E-state index contributed by atoms with van der Waals surface area (Å²) in [4.78, 5) is 4.60. The lowest BCUT2D eigenvalue weighted by Gasteiger charge is -2.22. The third-order valence-corrected chi connectivity index (χ3v) is 8.92. The van der Waals surface area contributed by atoms with E-state index in [-0.39, 0.29) is 12.6 Å². The Bertz CT molecular complexity index is 960. The van der Waals surface area contributed by atoms with Gasteiger partial charge in [0, 0.05) is 30.1 Å². The number of nitrogens with zero attached hydrogens (tertiary/aromatic N) is 2. The molecular weight excluding hydrogens is 376 g/mol. The number of rotatable bonds is 5. The molecule has 8 heteroatoms. The number of hydrogen-bond acceptors (Lipinski definition) is 6. The number of aromatic nitrogens is 1. The minimum absolute atomic E-state index is 0.0120. The molecule has 0 amide bonds. The minimum atomic E-state index is -3.51. The predicted molar refractivity (Wildman–Crippen MR) is 102 cm³/mol. The maximum atomic E-state index is 13.0. The first kappa shape index (κ1) is 17.1. The van der Waals surface area contributed by atoms with E-state index < -0.39 is 10.0 Å². The van der Waals surface area contributed by atoms with Crippen LogP contribution in [0, 0.1) is 0 Å². The number of thiophene rings is 1. The summed E-state index contributed by atoms with van der Waals surface area (Å²) in [6.07, 6.45) is 2.16. The summed E-state index contributed by atoms with van der Waals surface area (Å²) in [7, 11) is -3.51. The van der Waals surface area contributed by atoms with E-state index in [9.17, 15) is 13.5 Å². The van der Waals surface area contributed by atoms with Crippen molar-refractivity contribution in [3.8, 4) is 10.6 Å². The summed E-state index contributed by atoms with van der Waals surface area (Å²) in [6.45, 7) is 0.541. The second kappa shape index (κ2) is 6.77. The molecule has 3 heterocycles. The van der Waals surface area contributed by atoms with Crippen LogP contribution in [0.25, 0.3) is 20.8 Å². The van der Waals surface area contributed by atoms with E-state index in [1.54, 1.807) is 21.7 Å². The van der Waals surface area contributed by atoms with Gasteiger partial charge < -0.3 is 5.11 Å². The first-order valence-electron chi connectivity index (χ1n) is 8.17. The highest BCUT2D eigenvalue weighted by Crippen LogP contribution is 2.36. The van der Waals surface area contributed by atoms with Gasteiger partial charge >= 0.3 is 0 Å². The van der Waals surface area contributed by atoms with Crippen molar-refractivity contribution in [2.45, 2.75) is 29.5 Å². The molecule has 0 radical (unpaired) electrons. The number of thiazole rings is 1. The number of sulfonamides is 1. The normalized spacial score (nSPS) is 19.0. The van der Waals surface area contributed by atoms with Crippen LogP contribution in [0.2, 0.25) is 0 Å². The third-order valence-electron chi connectivity index (χ3n) is 4.46. The summed E-state index contributed by atoms with van der Waals surface area (Å²) >= 11 is 2.81. The van der Waals surface area contributed by atoms with Crippen molar-refractivity contribution < 1.29 is 13.5 Å². The maximum absolute atomic E-state index is 13.0. The Labute approximate surface area is 154 Å². The van der Waals surface area contributed by atoms with Crippen molar-refractivity contribution in [2.24, 2.45) is 0 Å². The lowest BCUT2D eigenvalue weighted by Crippen LogP contribution is -2.35. The van der Waals surface area contributed by atoms with Crippen LogP contribution in [0.5, 0.6) is 0 Å². The number of aliphatic hydroxyl groups is 1. The molecule has 0 aliphatic carbocycles. The van der Waals surface area contributed by atoms with E-state index in [1.807, 2.05) is 29.6 Å². The van der Waals surface area contributed by atoms with Crippen LogP contribution in [-0.2, 0) is 10.0 Å². The van der Waals surface area contributed by atoms with Gasteiger partial charge in [-0.3, -0.25) is 0 Å². The second-order valence-electron chi connectivity index (χ2n) is 6.07. The predicted octanol–water partition coefficient (Wildman–Crippen LogP) is 3.56. The number of hydrogen-bond donors (Lipinski definition) is 1. The van der Waals surface area contributed by atoms with Crippen molar-refractivity contribution in [3.05, 3.63) is 35.7 Å². The van der Waals surface area contributed by atoms with Crippen molar-refractivity contribution in [1.29, 1.82) is 0 Å². The SMILES string of the molecule is O=S(=O)(c1cc(-c2nc3ccccc3s2)cs1)N1CCCC1CCO. The zero-order chi connectivity index (χ0) is 17.4. The molecule has 1 atom stereocenters. The lowest BCUT2D eigenvalue weighted by atomic mass is 10.2. The number of benzene rings is 1. The first-order valence-corrected chi connectivity index (χ1v) is 11.3. The highest BCUT2D eigenvalue weighted by Gasteiger charge is 2.35. The molecule has 1 fully saturated rings. The Balaban J connectivity index is 1.66. The number of aliphatic hydroxyl groups excluding tert-OH is 1. The maximum Gasteiger partial charge on any atom is 0.252 e. The van der Waals surface area contributed by atoms with Crippen LogP contribution in [0.1, 0.15) is 19.3 Å². The van der Waals surface area contributed by atoms with Crippen molar-refractivity contribution >= 4 is 42.9 Å². The van der Waals surface area contributed by atoms with E-state index >= 15 is 0 Å². The van der Waals surface area contributed by atoms with Crippen LogP contribution in [-0.4, -0.2) is 42.0 Å². The molecule has 1 N–H and O–H groups in total. The van der Waals surface area contributed by atoms with Crippen LogP contribution >= 0.6 is 22.7 Å². The average Bonchev–Trinajstić information content (AvgIpc) is 3.33. The molecule has 25 heavy (non-hydrogen) atoms. The molecule has 1 aliphatic heterocycles. The van der Waals surface area contributed by atoms with Gasteiger partial charge in [0.1, 0.15) is 9.22 Å². The fourth-order valence-electron chi connectivity index (χ4n) is 3.24. The van der Waals surface area contributed by atoms with E-state index in [4.69, 9.17) is 0 Å². The summed E-state index contributed by atoms with van der Waals surface area (Å²) in [6, 6.07) is 9.54. The van der Waals surface area contributed by atoms with Gasteiger partial charge in [0.15, 0.2) is 0 Å². The minimum Gasteiger partial charge on any atom is -0.396 e. The van der Waals surface area contributed by atoms with E-state index in [0.717, 1.165) is 33.6 Å². The molecule has 0 spiro atoms. The standard InChI is InChI=1S/C17H18N2O3S3/c20-9-7-13-4-3-8-19(13)25(21,22)16-10-12(11-23-16)17-18-14-5-1-2-6-15(14)24-17/h1-2,5-6,10-11,13,20H,3-4,7-9H2. The molecule has 1 aromatic carbocycles. The molecule has 3 aromatic rings. The zero-order valence-electron chi connectivity index (χ0n) is 13.5. The third kappa shape index (κ3) is 3.13. The largest absolute Gasteiger partial charge is 0.396 e. The van der Waals surface area contributed by atoms with Gasteiger partial charge in [0.2, 0.25) is 0 Å². The Kier molecular flexibility index (Phi) is 4.63. The van der Waals surface area contributed by atoms with E-state index in [0.29, 0.717) is 17.2 Å². The van der Waals surface area contributed by atoms with Crippen LogP contribution < -0.4 is 0 Å². The van der Waals surface area contributed by atoms with E-state index in [1.165, 1.54) is 11.3 Å². The van der Waals surface area contributed by atoms with Crippen molar-refractivity contribution in [2.75, 3.05) is 13.2 Å². The van der Waals surface area contributed by atoms with Gasteiger partial charge in [-0.25, -0.2) is 13.4 Å². The van der Waals surface area contributed by atoms with E-state index in [2.05, 4.69) is 4.98 Å². The Morgan fingerprint density at radius 2 is 2.16 bits per heavy atom. The Morgan fingerprint density at radius 1 is 1.32 bits per heavy atom. The molecule has 4 rings (SSSR count). The average molecular weight is 395 g/mol. The van der Waals surface area contributed by atoms with Crippen LogP contribution in [0.3, 0.4) is 0 Å². The molecule has 132 valence electrons. The number of fused-ring (bicyclic) bond motifs is 1. The Morgan fingerprint density at radius 3 is 2.96 bits per heavy atom. The van der Waals surface area contributed by atoms with Gasteiger partial charge in [-0.05, 0) is 37.5 Å². The highest BCUT2D eigenvalue weighted by molar-refractivity contribution is 7.91. The van der Waals surface area contributed by atoms with Crippen molar-refractivity contribution in [1.82, 2.24) is 9.29 Å². The highest BCUT2D eigenvalue weighted by atomic mass is 32.2. The monoisotopic (exact) mass is 394 g/mol. The molecule has 2 aromatic heterocycles. The molecule has 1 unspecified atom stereocenters. The summed E-state index contributed by atoms with van der Waals surface area (Å²) < 4.78 is 28.9. The first-order chi connectivity index (χ1) is 12.1. The summed E-state index contributed by atoms with van der Waals surface area (Å²) in [5, 5.41) is 11.9. The van der Waals surface area contributed by atoms with Crippen LogP contribution in [0.4, 0.5) is 0 Å². The smallest absolute Gasteiger partial charge is 0.252 e. The topological polar surface area (TPSA) is 70.5 Å². The summed E-state index contributed by atoms with van der Waals surface area (Å²) in [5.41, 5.74) is 1.78. The molecule has 5 nitrogen and oxygen atoms in total. The number of para-hydroxylation sites is 1. The van der Waals surface area contributed by atoms with Crippen LogP contribution in [0.15, 0.2) is 39.9 Å². The molecule has 0 saturated carbocycles. The molecule has 0 bridgehead atoms. The van der Waals surface area contributed by atoms with Gasteiger partial charge in [-0.1, -0.05) is 12.1 Å². The second-order valence-corrected chi connectivity index (χ2v) is 10.1. The van der Waals surface area contributed by atoms with Gasteiger partial charge in [0.05, 0.1) is 10.2 Å². The molecule has 1 saturated heterocycles. The fourth-order valence-corrected chi connectivity index (χ4v) is 7.28. The van der Waals surface area contributed by atoms with Gasteiger partial charge in [0.25, 0.3) is 10.0 Å². The fraction of sp³-hybridized carbons (Fsp3) is 0.353. The molecule has 1 aliphatic rings. The Hall–Kier alpha value is -1.32. The lowest BCUT2D eigenvalue weighted by molar-refractivity contribution is 0.246. The summed E-state index contributed by atoms with van der Waals surface area (Å²) in [5.74, 6) is 0. The zero-order valence-corrected chi connectivity index (χ0v) is 15.9. The quantitative estimate of drug-likeness (QED) is 0.718. The van der Waals surface area contributed by atoms with Gasteiger partial charge in [-0.2, -0.15) is 4.31 Å². The molecular formula is C17H18N2O3S3. The van der Waals surface area contributed by atoms with Crippen molar-refractivity contribution in [3.63, 3.8) is 0 Å². The van der Waals surface area contributed by atoms with Gasteiger partial charge in [-0.15, -0.1) is 22.7 Å².